The fourth-order valence-electron chi connectivity index (χ4n) is 1.94. The summed E-state index contributed by atoms with van der Waals surface area (Å²) >= 11 is 5.80. The molecule has 1 amide bonds. The van der Waals surface area contributed by atoms with Crippen LogP contribution in [-0.4, -0.2) is 21.6 Å². The molecule has 7 heteroatoms. The molecule has 0 aromatic heterocycles. The lowest BCUT2D eigenvalue weighted by Crippen LogP contribution is -2.28. The van der Waals surface area contributed by atoms with Crippen molar-refractivity contribution in [1.29, 1.82) is 0 Å². The summed E-state index contributed by atoms with van der Waals surface area (Å²) in [5.74, 6) is 2.69. The van der Waals surface area contributed by atoms with E-state index < -0.39 is 4.92 Å². The van der Waals surface area contributed by atoms with E-state index in [1.807, 2.05) is 6.92 Å². The number of carbonyl (C=O) groups is 1. The number of hydrogen-bond donors (Lipinski definition) is 0. The van der Waals surface area contributed by atoms with E-state index in [1.54, 1.807) is 6.07 Å². The van der Waals surface area contributed by atoms with E-state index in [2.05, 4.69) is 17.1 Å². The van der Waals surface area contributed by atoms with Crippen LogP contribution < -0.4 is 0 Å². The quantitative estimate of drug-likeness (QED) is 0.487. The molecule has 22 heavy (non-hydrogen) atoms. The van der Waals surface area contributed by atoms with Crippen LogP contribution >= 0.6 is 11.6 Å². The molecule has 0 unspecified atom stereocenters. The van der Waals surface area contributed by atoms with Crippen LogP contribution in [0.25, 0.3) is 0 Å². The standard InChI is InChI=1S/C15H14ClN3O3/c1-2-3-4-9-18-15(20)8-7-13(17-18)11-5-6-12(16)14(10-11)19(21)22/h5-6,10H,2-3,7-8H2,1H3. The summed E-state index contributed by atoms with van der Waals surface area (Å²) in [6, 6.07) is 7.19. The van der Waals surface area contributed by atoms with Crippen molar-refractivity contribution in [2.24, 2.45) is 5.10 Å². The molecule has 0 fully saturated rings. The third-order valence-electron chi connectivity index (χ3n) is 3.07. The first kappa shape index (κ1) is 16.0. The van der Waals surface area contributed by atoms with E-state index in [4.69, 9.17) is 11.6 Å². The molecule has 1 aromatic carbocycles. The molecule has 1 heterocycles. The van der Waals surface area contributed by atoms with Crippen LogP contribution in [0.15, 0.2) is 23.3 Å². The van der Waals surface area contributed by atoms with Crippen LogP contribution in [0.1, 0.15) is 38.2 Å². The lowest BCUT2D eigenvalue weighted by Gasteiger charge is -2.18. The van der Waals surface area contributed by atoms with Crippen molar-refractivity contribution in [3.63, 3.8) is 0 Å². The zero-order valence-electron chi connectivity index (χ0n) is 12.0. The van der Waals surface area contributed by atoms with E-state index in [0.717, 1.165) is 11.4 Å². The number of hydrazone groups is 1. The molecule has 1 aromatic rings. The van der Waals surface area contributed by atoms with Gasteiger partial charge in [0.25, 0.3) is 11.6 Å². The molecule has 6 nitrogen and oxygen atoms in total. The van der Waals surface area contributed by atoms with Crippen molar-refractivity contribution in [3.05, 3.63) is 38.9 Å². The van der Waals surface area contributed by atoms with Gasteiger partial charge in [0.2, 0.25) is 0 Å². The fraction of sp³-hybridized carbons (Fsp3) is 0.333. The molecule has 2 rings (SSSR count). The maximum Gasteiger partial charge on any atom is 0.288 e. The van der Waals surface area contributed by atoms with Gasteiger partial charge < -0.3 is 0 Å². The minimum atomic E-state index is -0.542. The van der Waals surface area contributed by atoms with Gasteiger partial charge in [-0.25, -0.2) is 0 Å². The van der Waals surface area contributed by atoms with Crippen LogP contribution in [0.3, 0.4) is 0 Å². The first-order chi connectivity index (χ1) is 10.5. The highest BCUT2D eigenvalue weighted by Crippen LogP contribution is 2.26. The second-order valence-electron chi connectivity index (χ2n) is 4.71. The molecule has 0 bridgehead atoms. The maximum absolute atomic E-state index is 11.8. The van der Waals surface area contributed by atoms with E-state index in [1.165, 1.54) is 12.1 Å². The minimum Gasteiger partial charge on any atom is -0.272 e. The smallest absolute Gasteiger partial charge is 0.272 e. The Morgan fingerprint density at radius 1 is 1.45 bits per heavy atom. The zero-order valence-corrected chi connectivity index (χ0v) is 12.8. The summed E-state index contributed by atoms with van der Waals surface area (Å²) in [6.07, 6.45) is 2.27. The number of hydrogen-bond acceptors (Lipinski definition) is 4. The molecule has 114 valence electrons. The van der Waals surface area contributed by atoms with Crippen LogP contribution in [0.5, 0.6) is 0 Å². The SMILES string of the molecule is CCCC#CN1N=C(c2ccc(Cl)c([N+](=O)[O-])c2)CCC1=O. The summed E-state index contributed by atoms with van der Waals surface area (Å²) in [6.45, 7) is 1.99. The molecular formula is C15H14ClN3O3. The first-order valence-electron chi connectivity index (χ1n) is 6.86. The number of benzene rings is 1. The average Bonchev–Trinajstić information content (AvgIpc) is 2.49. The number of rotatable bonds is 3. The van der Waals surface area contributed by atoms with E-state index in [0.29, 0.717) is 24.1 Å². The molecule has 0 aliphatic carbocycles. The van der Waals surface area contributed by atoms with E-state index in [9.17, 15) is 14.9 Å². The molecule has 0 radical (unpaired) electrons. The number of nitro groups is 1. The Hall–Kier alpha value is -2.39. The monoisotopic (exact) mass is 319 g/mol. The summed E-state index contributed by atoms with van der Waals surface area (Å²) in [7, 11) is 0. The number of carbonyl (C=O) groups excluding carboxylic acids is 1. The van der Waals surface area contributed by atoms with Gasteiger partial charge in [-0.2, -0.15) is 10.1 Å². The summed E-state index contributed by atoms with van der Waals surface area (Å²) < 4.78 is 0. The molecule has 0 saturated heterocycles. The Kier molecular flexibility index (Phi) is 5.12. The molecule has 0 N–H and O–H groups in total. The molecule has 0 saturated carbocycles. The molecule has 1 aliphatic heterocycles. The molecule has 0 spiro atoms. The van der Waals surface area contributed by atoms with Gasteiger partial charge in [0.05, 0.1) is 10.6 Å². The highest BCUT2D eigenvalue weighted by atomic mass is 35.5. The van der Waals surface area contributed by atoms with Gasteiger partial charge in [0, 0.05) is 36.9 Å². The summed E-state index contributed by atoms with van der Waals surface area (Å²) in [5, 5.41) is 16.3. The van der Waals surface area contributed by atoms with Crippen LogP contribution in [0, 0.1) is 22.1 Å². The molecular weight excluding hydrogens is 306 g/mol. The van der Waals surface area contributed by atoms with Crippen molar-refractivity contribution < 1.29 is 9.72 Å². The van der Waals surface area contributed by atoms with Gasteiger partial charge in [0.1, 0.15) is 5.02 Å². The van der Waals surface area contributed by atoms with Gasteiger partial charge in [-0.05, 0) is 12.5 Å². The maximum atomic E-state index is 11.8. The third kappa shape index (κ3) is 3.62. The Balaban J connectivity index is 2.34. The van der Waals surface area contributed by atoms with Crippen molar-refractivity contribution in [2.45, 2.75) is 32.6 Å². The lowest BCUT2D eigenvalue weighted by atomic mass is 10.0. The number of nitrogens with zero attached hydrogens (tertiary/aromatic N) is 3. The Labute approximate surface area is 132 Å². The van der Waals surface area contributed by atoms with Crippen LogP contribution in [0.2, 0.25) is 5.02 Å². The highest BCUT2D eigenvalue weighted by Gasteiger charge is 2.22. The fourth-order valence-corrected chi connectivity index (χ4v) is 2.12. The number of unbranched alkanes of at least 4 members (excludes halogenated alkanes) is 1. The van der Waals surface area contributed by atoms with Crippen molar-refractivity contribution >= 4 is 28.9 Å². The largest absolute Gasteiger partial charge is 0.288 e. The predicted molar refractivity (Wildman–Crippen MR) is 83.4 cm³/mol. The topological polar surface area (TPSA) is 75.8 Å². The number of nitro benzene ring substituents is 1. The van der Waals surface area contributed by atoms with Crippen molar-refractivity contribution in [1.82, 2.24) is 5.01 Å². The average molecular weight is 320 g/mol. The number of amides is 1. The van der Waals surface area contributed by atoms with Gasteiger partial charge in [0.15, 0.2) is 0 Å². The van der Waals surface area contributed by atoms with Gasteiger partial charge >= 0.3 is 0 Å². The minimum absolute atomic E-state index is 0.0702. The van der Waals surface area contributed by atoms with E-state index >= 15 is 0 Å². The normalized spacial score (nSPS) is 14.2. The Morgan fingerprint density at radius 3 is 2.91 bits per heavy atom. The van der Waals surface area contributed by atoms with Crippen molar-refractivity contribution in [3.8, 4) is 12.0 Å². The van der Waals surface area contributed by atoms with Crippen LogP contribution in [0.4, 0.5) is 5.69 Å². The Morgan fingerprint density at radius 2 is 2.23 bits per heavy atom. The predicted octanol–water partition coefficient (Wildman–Crippen LogP) is 3.34. The molecule has 1 aliphatic rings. The van der Waals surface area contributed by atoms with E-state index in [-0.39, 0.29) is 23.0 Å². The highest BCUT2D eigenvalue weighted by molar-refractivity contribution is 6.32. The zero-order chi connectivity index (χ0) is 16.1. The van der Waals surface area contributed by atoms with Crippen molar-refractivity contribution in [2.75, 3.05) is 0 Å². The Bertz CT molecular complexity index is 704. The second-order valence-corrected chi connectivity index (χ2v) is 5.12. The van der Waals surface area contributed by atoms with Gasteiger partial charge in [-0.15, -0.1) is 0 Å². The first-order valence-corrected chi connectivity index (χ1v) is 7.24. The van der Waals surface area contributed by atoms with Gasteiger partial charge in [-0.3, -0.25) is 14.9 Å². The lowest BCUT2D eigenvalue weighted by molar-refractivity contribution is -0.384. The second kappa shape index (κ2) is 7.05. The molecule has 0 atom stereocenters. The van der Waals surface area contributed by atoms with Gasteiger partial charge in [-0.1, -0.05) is 30.5 Å². The number of halogens is 1. The third-order valence-corrected chi connectivity index (χ3v) is 3.39. The van der Waals surface area contributed by atoms with Crippen LogP contribution in [-0.2, 0) is 4.79 Å². The summed E-state index contributed by atoms with van der Waals surface area (Å²) in [5.41, 5.74) is 0.985. The summed E-state index contributed by atoms with van der Waals surface area (Å²) in [4.78, 5) is 22.2.